The minimum atomic E-state index is -3.15. The van der Waals surface area contributed by atoms with Crippen molar-refractivity contribution in [3.8, 4) is 0 Å². The number of fused-ring (bicyclic) bond motifs is 1. The van der Waals surface area contributed by atoms with E-state index in [4.69, 9.17) is 14.7 Å². The number of aryl methyl sites for hydroxylation is 1. The number of allylic oxidation sites excluding steroid dienone is 1. The molecule has 0 spiro atoms. The van der Waals surface area contributed by atoms with E-state index in [1.165, 1.54) is 16.0 Å². The van der Waals surface area contributed by atoms with Gasteiger partial charge in [-0.25, -0.2) is 14.6 Å². The maximum absolute atomic E-state index is 10.0. The normalized spacial score (nSPS) is 25.6. The Morgan fingerprint density at radius 1 is 1.50 bits per heavy atom. The van der Waals surface area contributed by atoms with Crippen molar-refractivity contribution in [2.24, 2.45) is 5.92 Å². The Kier molecular flexibility index (Phi) is 6.91. The number of aliphatic hydroxyl groups excluding tert-OH is 1. The van der Waals surface area contributed by atoms with Gasteiger partial charge in [0.1, 0.15) is 25.5 Å². The molecule has 0 bridgehead atoms. The van der Waals surface area contributed by atoms with Gasteiger partial charge in [0.25, 0.3) is 0 Å². The first-order valence-corrected chi connectivity index (χ1v) is 9.01. The minimum absolute atomic E-state index is 0. The predicted octanol–water partition coefficient (Wildman–Crippen LogP) is -1.45. The predicted molar refractivity (Wildman–Crippen MR) is 84.6 cm³/mol. The van der Waals surface area contributed by atoms with Gasteiger partial charge in [0.15, 0.2) is 0 Å². The highest BCUT2D eigenvalue weighted by Gasteiger charge is 2.34. The van der Waals surface area contributed by atoms with E-state index >= 15 is 0 Å². The zero-order chi connectivity index (χ0) is 17.7. The maximum Gasteiger partial charge on any atom is 0.479 e. The molecule has 0 radical (unpaired) electrons. The number of quaternary nitrogens is 1. The van der Waals surface area contributed by atoms with E-state index in [-0.39, 0.29) is 7.53 Å². The largest absolute Gasteiger partial charge is 0.674 e. The molecule has 24 heavy (non-hydrogen) atoms. The molecule has 2 N–H and O–H groups in total. The molecule has 1 aromatic rings. The van der Waals surface area contributed by atoms with Gasteiger partial charge in [-0.05, 0) is 24.3 Å². The molecule has 0 saturated carbocycles. The van der Waals surface area contributed by atoms with Crippen LogP contribution in [0.15, 0.2) is 12.4 Å². The molecule has 4 atom stereocenters. The summed E-state index contributed by atoms with van der Waals surface area (Å²) in [6.45, 7) is 7.15. The fraction of sp³-hybridized carbons (Fsp3) is 0.600. The van der Waals surface area contributed by atoms with Gasteiger partial charge in [0.05, 0.1) is 12.2 Å². The summed E-state index contributed by atoms with van der Waals surface area (Å²) in [4.78, 5) is 19.1. The van der Waals surface area contributed by atoms with Crippen LogP contribution in [0, 0.1) is 12.8 Å². The first-order valence-electron chi connectivity index (χ1n) is 7.92. The van der Waals surface area contributed by atoms with Crippen molar-refractivity contribution < 1.29 is 30.8 Å². The summed E-state index contributed by atoms with van der Waals surface area (Å²) in [5.41, 5.74) is 4.84. The van der Waals surface area contributed by atoms with E-state index in [0.29, 0.717) is 5.92 Å². The second kappa shape index (κ2) is 8.71. The first kappa shape index (κ1) is 19.1. The zero-order valence-electron chi connectivity index (χ0n) is 13.8. The molecule has 1 aliphatic carbocycles. The van der Waals surface area contributed by atoms with Gasteiger partial charge >= 0.3 is 8.25 Å². The summed E-state index contributed by atoms with van der Waals surface area (Å²) in [6.07, 6.45) is 5.85. The summed E-state index contributed by atoms with van der Waals surface area (Å²) < 4.78 is 11.3. The number of nitrogens with one attached hydrogen (secondary N) is 1. The van der Waals surface area contributed by atoms with Crippen LogP contribution in [0.4, 0.5) is 0 Å². The van der Waals surface area contributed by atoms with Gasteiger partial charge in [-0.1, -0.05) is 13.0 Å². The van der Waals surface area contributed by atoms with E-state index in [1.807, 2.05) is 0 Å². The fourth-order valence-electron chi connectivity index (χ4n) is 3.38. The van der Waals surface area contributed by atoms with Gasteiger partial charge in [-0.3, -0.25) is 0 Å². The third-order valence-electron chi connectivity index (χ3n) is 4.64. The summed E-state index contributed by atoms with van der Waals surface area (Å²) in [6, 6.07) is 0. The van der Waals surface area contributed by atoms with Gasteiger partial charge in [-0.2, -0.15) is 0 Å². The Balaban J connectivity index is 0.000000462. The summed E-state index contributed by atoms with van der Waals surface area (Å²) in [5, 5.41) is 18.5. The highest BCUT2D eigenvalue weighted by Crippen LogP contribution is 2.25. The molecule has 8 nitrogen and oxygen atoms in total. The van der Waals surface area contributed by atoms with E-state index in [0.717, 1.165) is 43.9 Å². The molecule has 134 valence electrons. The minimum Gasteiger partial charge on any atom is -0.674 e. The molecule has 1 aliphatic heterocycles. The average molecular weight is 357 g/mol. The summed E-state index contributed by atoms with van der Waals surface area (Å²) in [7, 11) is -3.15. The smallest absolute Gasteiger partial charge is 0.479 e. The number of hydrogen-bond acceptors (Lipinski definition) is 7. The molecule has 0 aromatic carbocycles. The molecule has 2 unspecified atom stereocenters. The molecule has 1 fully saturated rings. The standard InChI is InChI=1S/C15H21N3O.HO4P.H2/c1-3-11-6-18(8-14(11)19)7-12-4-5-13-10(2)16-9-17-15(12)13;1-4-5(2)3;/h4,9,11,14,19H,3,5-8H2,1-2H3;1H;1H/t11-,14-;;/m0../s1. The van der Waals surface area contributed by atoms with Crippen LogP contribution in [0.3, 0.4) is 0 Å². The van der Waals surface area contributed by atoms with Crippen molar-refractivity contribution >= 4 is 13.8 Å². The Hall–Kier alpha value is -1.28. The number of aliphatic hydroxyl groups is 1. The number of hydrogen-bond donors (Lipinski definition) is 2. The van der Waals surface area contributed by atoms with Crippen molar-refractivity contribution in [1.29, 1.82) is 0 Å². The van der Waals surface area contributed by atoms with E-state index < -0.39 is 8.25 Å². The van der Waals surface area contributed by atoms with Crippen LogP contribution in [0.1, 0.15) is 31.7 Å². The molecule has 3 rings (SSSR count). The average Bonchev–Trinajstić information content (AvgIpc) is 3.13. The molecule has 1 saturated heterocycles. The third kappa shape index (κ3) is 4.63. The third-order valence-corrected chi connectivity index (χ3v) is 4.76. The monoisotopic (exact) mass is 357 g/mol. The molecule has 2 aliphatic rings. The molecule has 9 heteroatoms. The van der Waals surface area contributed by atoms with Crippen molar-refractivity contribution in [3.63, 3.8) is 0 Å². The molecule has 0 amide bonds. The number of likely N-dealkylation sites (tertiary alicyclic amines) is 1. The number of aromatic nitrogens is 2. The Morgan fingerprint density at radius 2 is 2.21 bits per heavy atom. The quantitative estimate of drug-likeness (QED) is 0.384. The van der Waals surface area contributed by atoms with Crippen LogP contribution in [-0.2, 0) is 15.7 Å². The van der Waals surface area contributed by atoms with Crippen LogP contribution < -0.4 is 15.1 Å². The fourth-order valence-corrected chi connectivity index (χ4v) is 3.38. The van der Waals surface area contributed by atoms with Crippen LogP contribution in [0.5, 0.6) is 0 Å². The Bertz CT molecular complexity index is 631. The van der Waals surface area contributed by atoms with Crippen LogP contribution in [0.2, 0.25) is 0 Å². The molecular weight excluding hydrogens is 333 g/mol. The van der Waals surface area contributed by atoms with Gasteiger partial charge < -0.3 is 20.2 Å². The van der Waals surface area contributed by atoms with Gasteiger partial charge in [0, 0.05) is 24.2 Å². The second-order valence-corrected chi connectivity index (χ2v) is 6.68. The highest BCUT2D eigenvalue weighted by molar-refractivity contribution is 7.30. The van der Waals surface area contributed by atoms with E-state index in [2.05, 4.69) is 34.6 Å². The molecule has 1 aromatic heterocycles. The highest BCUT2D eigenvalue weighted by atomic mass is 31.1. The Morgan fingerprint density at radius 3 is 2.79 bits per heavy atom. The number of nitrogens with zero attached hydrogens (tertiary/aromatic N) is 2. The van der Waals surface area contributed by atoms with Crippen molar-refractivity contribution in [3.05, 3.63) is 29.4 Å². The van der Waals surface area contributed by atoms with Crippen LogP contribution in [0.25, 0.3) is 5.57 Å². The first-order chi connectivity index (χ1) is 11.5. The molecular formula is C15H24N3O5P. The van der Waals surface area contributed by atoms with Gasteiger partial charge in [-0.15, -0.1) is 0 Å². The SMILES string of the molecule is CC[C@H]1C[NH+](CC2=CCc3c(C)ncnc32)C[C@@H]1O.O=[P+]([O-])O[O-].[HH]. The topological polar surface area (TPSA) is 123 Å². The lowest BCUT2D eigenvalue weighted by molar-refractivity contribution is -0.882. The van der Waals surface area contributed by atoms with Crippen molar-refractivity contribution in [1.82, 2.24) is 9.97 Å². The lowest BCUT2D eigenvalue weighted by Crippen LogP contribution is -3.10. The summed E-state index contributed by atoms with van der Waals surface area (Å²) in [5.74, 6) is 0.462. The lowest BCUT2D eigenvalue weighted by atomic mass is 10.0. The van der Waals surface area contributed by atoms with E-state index in [9.17, 15) is 5.11 Å². The van der Waals surface area contributed by atoms with Crippen LogP contribution in [-0.4, -0.2) is 40.8 Å². The van der Waals surface area contributed by atoms with Gasteiger partial charge in [0.2, 0.25) is 0 Å². The zero-order valence-corrected chi connectivity index (χ0v) is 14.7. The van der Waals surface area contributed by atoms with Crippen LogP contribution >= 0.6 is 8.25 Å². The van der Waals surface area contributed by atoms with E-state index in [1.54, 1.807) is 6.33 Å². The van der Waals surface area contributed by atoms with Crippen molar-refractivity contribution in [2.45, 2.75) is 32.8 Å². The summed E-state index contributed by atoms with van der Waals surface area (Å²) >= 11 is 0. The second-order valence-electron chi connectivity index (χ2n) is 6.09. The number of rotatable bonds is 4. The molecule has 2 heterocycles. The lowest BCUT2D eigenvalue weighted by Gasteiger charge is -2.14. The Labute approximate surface area is 143 Å². The van der Waals surface area contributed by atoms with Crippen molar-refractivity contribution in [2.75, 3.05) is 19.6 Å². The maximum atomic E-state index is 10.0.